The fraction of sp³-hybridized carbons (Fsp3) is 0.333. The van der Waals surface area contributed by atoms with Crippen molar-refractivity contribution in [3.8, 4) is 0 Å². The third-order valence-corrected chi connectivity index (χ3v) is 6.30. The second-order valence-corrected chi connectivity index (χ2v) is 8.20. The highest BCUT2D eigenvalue weighted by atomic mass is 16.3. The molecule has 0 fully saturated rings. The molecule has 0 aromatic heterocycles. The molecule has 0 spiro atoms. The van der Waals surface area contributed by atoms with Gasteiger partial charge < -0.3 is 10.0 Å². The second-order valence-electron chi connectivity index (χ2n) is 8.20. The molecule has 144 valence electrons. The molecule has 0 atom stereocenters. The number of rotatable bonds is 2. The van der Waals surface area contributed by atoms with Crippen LogP contribution in [0.5, 0.6) is 0 Å². The van der Waals surface area contributed by atoms with E-state index in [1.807, 2.05) is 39.1 Å². The van der Waals surface area contributed by atoms with Crippen molar-refractivity contribution >= 4 is 17.2 Å². The topological polar surface area (TPSA) is 52.9 Å². The Balaban J connectivity index is 1.81. The van der Waals surface area contributed by atoms with Gasteiger partial charge in [0.15, 0.2) is 0 Å². The van der Waals surface area contributed by atoms with E-state index < -0.39 is 0 Å². The lowest BCUT2D eigenvalue weighted by Gasteiger charge is -2.27. The van der Waals surface area contributed by atoms with Crippen molar-refractivity contribution in [2.75, 3.05) is 11.9 Å². The van der Waals surface area contributed by atoms with Crippen molar-refractivity contribution < 1.29 is 9.90 Å². The number of carbonyl (C=O) groups excluding carboxylic acids is 1. The van der Waals surface area contributed by atoms with Gasteiger partial charge in [0.2, 0.25) is 5.78 Å². The smallest absolute Gasteiger partial charge is 0.202 e. The summed E-state index contributed by atoms with van der Waals surface area (Å²) in [7, 11) is 2.00. The quantitative estimate of drug-likeness (QED) is 0.729. The van der Waals surface area contributed by atoms with E-state index in [4.69, 9.17) is 0 Å². The summed E-state index contributed by atoms with van der Waals surface area (Å²) < 4.78 is 0. The molecule has 0 bridgehead atoms. The van der Waals surface area contributed by atoms with Crippen molar-refractivity contribution in [3.05, 3.63) is 75.4 Å². The van der Waals surface area contributed by atoms with Crippen molar-refractivity contribution in [2.24, 2.45) is 4.99 Å². The summed E-state index contributed by atoms with van der Waals surface area (Å²) >= 11 is 0. The number of aliphatic hydroxyl groups excluding tert-OH is 1. The maximum atomic E-state index is 13.0. The van der Waals surface area contributed by atoms with Gasteiger partial charge in [-0.25, -0.2) is 0 Å². The van der Waals surface area contributed by atoms with E-state index in [-0.39, 0.29) is 17.0 Å². The highest BCUT2D eigenvalue weighted by Gasteiger charge is 2.42. The molecule has 1 aromatic rings. The van der Waals surface area contributed by atoms with Gasteiger partial charge in [-0.05, 0) is 49.1 Å². The molecule has 0 amide bonds. The lowest BCUT2D eigenvalue weighted by molar-refractivity contribution is -0.113. The Morgan fingerprint density at radius 2 is 1.89 bits per heavy atom. The molecule has 4 rings (SSSR count). The number of Topliss-reactive ketones (excluding diaryl/α,β-unsaturated/α-hetero) is 1. The van der Waals surface area contributed by atoms with Gasteiger partial charge in [0, 0.05) is 29.6 Å². The molecule has 28 heavy (non-hydrogen) atoms. The van der Waals surface area contributed by atoms with Crippen molar-refractivity contribution in [3.63, 3.8) is 0 Å². The van der Waals surface area contributed by atoms with Gasteiger partial charge in [0.25, 0.3) is 0 Å². The van der Waals surface area contributed by atoms with E-state index >= 15 is 0 Å². The lowest BCUT2D eigenvalue weighted by atomic mass is 9.79. The normalized spacial score (nSPS) is 24.9. The van der Waals surface area contributed by atoms with E-state index in [0.29, 0.717) is 16.8 Å². The molecule has 3 aliphatic rings. The van der Waals surface area contributed by atoms with Crippen molar-refractivity contribution in [1.82, 2.24) is 0 Å². The molecule has 0 unspecified atom stereocenters. The fourth-order valence-electron chi connectivity index (χ4n) is 4.67. The van der Waals surface area contributed by atoms with Gasteiger partial charge in [-0.2, -0.15) is 0 Å². The first kappa shape index (κ1) is 18.5. The molecule has 1 aromatic carbocycles. The largest absolute Gasteiger partial charge is 0.506 e. The average Bonchev–Trinajstić information content (AvgIpc) is 3.04. The number of hydrogen-bond donors (Lipinski definition) is 1. The van der Waals surface area contributed by atoms with Gasteiger partial charge in [-0.1, -0.05) is 39.0 Å². The monoisotopic (exact) mass is 374 g/mol. The molecular weight excluding hydrogens is 348 g/mol. The van der Waals surface area contributed by atoms with E-state index in [9.17, 15) is 9.90 Å². The summed E-state index contributed by atoms with van der Waals surface area (Å²) in [6, 6.07) is 8.25. The molecular formula is C24H26N2O2. The van der Waals surface area contributed by atoms with E-state index in [1.54, 1.807) is 0 Å². The fourth-order valence-corrected chi connectivity index (χ4v) is 4.67. The van der Waals surface area contributed by atoms with Gasteiger partial charge in [0.05, 0.1) is 16.8 Å². The van der Waals surface area contributed by atoms with Crippen LogP contribution in [0, 0.1) is 0 Å². The molecule has 0 radical (unpaired) electrons. The Kier molecular flexibility index (Phi) is 4.00. The number of para-hydroxylation sites is 1. The number of carbonyl (C=O) groups is 1. The Morgan fingerprint density at radius 1 is 1.21 bits per heavy atom. The molecule has 1 N–H and O–H groups in total. The van der Waals surface area contributed by atoms with Gasteiger partial charge in [0.1, 0.15) is 5.76 Å². The van der Waals surface area contributed by atoms with E-state index in [1.165, 1.54) is 5.56 Å². The number of aliphatic imine (C=N–C) groups is 1. The predicted molar refractivity (Wildman–Crippen MR) is 114 cm³/mol. The number of aliphatic hydroxyl groups is 1. The van der Waals surface area contributed by atoms with Crippen LogP contribution in [0.3, 0.4) is 0 Å². The maximum Gasteiger partial charge on any atom is 0.202 e. The van der Waals surface area contributed by atoms with Gasteiger partial charge >= 0.3 is 0 Å². The average molecular weight is 374 g/mol. The second kappa shape index (κ2) is 6.06. The molecule has 4 nitrogen and oxygen atoms in total. The highest BCUT2D eigenvalue weighted by molar-refractivity contribution is 6.22. The van der Waals surface area contributed by atoms with Crippen LogP contribution in [0.25, 0.3) is 0 Å². The van der Waals surface area contributed by atoms with E-state index in [0.717, 1.165) is 34.7 Å². The molecule has 2 heterocycles. The minimum atomic E-state index is -0.241. The minimum absolute atomic E-state index is 0.0564. The Morgan fingerprint density at radius 3 is 2.46 bits per heavy atom. The minimum Gasteiger partial charge on any atom is -0.506 e. The summed E-state index contributed by atoms with van der Waals surface area (Å²) in [6.45, 7) is 10.3. The number of hydrogen-bond acceptors (Lipinski definition) is 4. The first-order valence-corrected chi connectivity index (χ1v) is 9.73. The van der Waals surface area contributed by atoms with E-state index in [2.05, 4.69) is 42.8 Å². The van der Waals surface area contributed by atoms with Crippen molar-refractivity contribution in [1.29, 1.82) is 0 Å². The number of benzene rings is 1. The number of likely N-dealkylation sites (N-methyl/N-ethyl adjacent to an activating group) is 1. The van der Waals surface area contributed by atoms with Crippen LogP contribution < -0.4 is 4.90 Å². The van der Waals surface area contributed by atoms with Crippen LogP contribution in [0.2, 0.25) is 0 Å². The first-order valence-electron chi connectivity index (χ1n) is 9.73. The molecule has 0 saturated heterocycles. The number of anilines is 1. The zero-order chi connectivity index (χ0) is 20.4. The Bertz CT molecular complexity index is 1080. The number of nitrogens with zero attached hydrogens (tertiary/aromatic N) is 2. The third-order valence-electron chi connectivity index (χ3n) is 6.30. The van der Waals surface area contributed by atoms with Crippen molar-refractivity contribution in [2.45, 2.75) is 46.5 Å². The SMILES string of the molecule is CCC1=C(C)/C(=C2/C(=O)C(/C=C3\N(C)c4ccccc4C3(C)C)=C2O)N=C1C. The zero-order valence-electron chi connectivity index (χ0n) is 17.3. The first-order chi connectivity index (χ1) is 13.2. The van der Waals surface area contributed by atoms with Crippen LogP contribution in [-0.4, -0.2) is 23.6 Å². The van der Waals surface area contributed by atoms with Crippen LogP contribution in [0.1, 0.15) is 46.6 Å². The summed E-state index contributed by atoms with van der Waals surface area (Å²) in [5, 5.41) is 10.7. The molecule has 2 aliphatic heterocycles. The third kappa shape index (κ3) is 2.30. The summed E-state index contributed by atoms with van der Waals surface area (Å²) in [4.78, 5) is 19.6. The summed E-state index contributed by atoms with van der Waals surface area (Å²) in [6.07, 6.45) is 2.71. The summed E-state index contributed by atoms with van der Waals surface area (Å²) in [5.41, 5.74) is 7.54. The molecule has 4 heteroatoms. The van der Waals surface area contributed by atoms with Crippen LogP contribution in [-0.2, 0) is 10.2 Å². The Labute approximate surface area is 166 Å². The van der Waals surface area contributed by atoms with Crippen LogP contribution in [0.15, 0.2) is 74.8 Å². The molecule has 0 saturated carbocycles. The number of allylic oxidation sites excluding steroid dienone is 6. The number of fused-ring (bicyclic) bond motifs is 1. The predicted octanol–water partition coefficient (Wildman–Crippen LogP) is 5.15. The summed E-state index contributed by atoms with van der Waals surface area (Å²) in [5.74, 6) is -0.0747. The Hall–Kier alpha value is -2.88. The standard InChI is InChI=1S/C24H26N2O2/c1-7-15-13(2)21(25-14(15)3)20-22(27)16(23(20)28)12-19-24(4,5)17-10-8-9-11-18(17)26(19)6/h8-12,27H,7H2,1-6H3/b19-12-,21-20-. The van der Waals surface area contributed by atoms with Gasteiger partial charge in [-0.3, -0.25) is 9.79 Å². The molecule has 1 aliphatic carbocycles. The maximum absolute atomic E-state index is 13.0. The van der Waals surface area contributed by atoms with Crippen LogP contribution >= 0.6 is 0 Å². The van der Waals surface area contributed by atoms with Gasteiger partial charge in [-0.15, -0.1) is 0 Å². The van der Waals surface area contributed by atoms with Crippen LogP contribution in [0.4, 0.5) is 5.69 Å². The zero-order valence-corrected chi connectivity index (χ0v) is 17.3. The lowest BCUT2D eigenvalue weighted by Crippen LogP contribution is -2.27. The highest BCUT2D eigenvalue weighted by Crippen LogP contribution is 2.48. The number of ketones is 1.